The Morgan fingerprint density at radius 2 is 1.76 bits per heavy atom. The highest BCUT2D eigenvalue weighted by molar-refractivity contribution is 5.90. The third-order valence-electron chi connectivity index (χ3n) is 4.08. The van der Waals surface area contributed by atoms with Crippen molar-refractivity contribution in [3.63, 3.8) is 0 Å². The molecule has 116 valence electrons. The Hall–Kier alpha value is -1.55. The molecule has 1 saturated heterocycles. The number of para-hydroxylation sites is 1. The van der Waals surface area contributed by atoms with E-state index in [0.29, 0.717) is 0 Å². The molecule has 4 heteroatoms. The largest absolute Gasteiger partial charge is 0.322 e. The van der Waals surface area contributed by atoms with Gasteiger partial charge in [-0.1, -0.05) is 45.9 Å². The lowest BCUT2D eigenvalue weighted by atomic mass is 9.86. The lowest BCUT2D eigenvalue weighted by Crippen LogP contribution is -2.49. The fourth-order valence-electron chi connectivity index (χ4n) is 2.71. The van der Waals surface area contributed by atoms with Crippen LogP contribution in [0.4, 0.5) is 10.5 Å². The molecule has 2 rings (SSSR count). The molecule has 2 amide bonds. The Kier molecular flexibility index (Phi) is 4.88. The predicted octanol–water partition coefficient (Wildman–Crippen LogP) is 3.15. The molecule has 0 unspecified atom stereocenters. The number of anilines is 1. The van der Waals surface area contributed by atoms with Crippen molar-refractivity contribution in [3.05, 3.63) is 29.8 Å². The van der Waals surface area contributed by atoms with Gasteiger partial charge >= 0.3 is 6.03 Å². The van der Waals surface area contributed by atoms with Gasteiger partial charge in [-0.2, -0.15) is 0 Å². The number of nitrogens with zero attached hydrogens (tertiary/aromatic N) is 2. The maximum absolute atomic E-state index is 12.4. The molecule has 0 spiro atoms. The van der Waals surface area contributed by atoms with E-state index >= 15 is 0 Å². The zero-order valence-electron chi connectivity index (χ0n) is 13.6. The second kappa shape index (κ2) is 6.48. The SMILES string of the molecule is CCN1CCN(C(=O)Nc2ccccc2C(C)(C)C)CC1. The van der Waals surface area contributed by atoms with Crippen molar-refractivity contribution in [1.29, 1.82) is 0 Å². The fourth-order valence-corrected chi connectivity index (χ4v) is 2.71. The number of carbonyl (C=O) groups is 1. The van der Waals surface area contributed by atoms with Gasteiger partial charge in [0.1, 0.15) is 0 Å². The summed E-state index contributed by atoms with van der Waals surface area (Å²) in [7, 11) is 0. The Morgan fingerprint density at radius 1 is 1.14 bits per heavy atom. The van der Waals surface area contributed by atoms with E-state index in [1.807, 2.05) is 23.1 Å². The van der Waals surface area contributed by atoms with E-state index in [0.717, 1.165) is 38.4 Å². The summed E-state index contributed by atoms with van der Waals surface area (Å²) in [6.07, 6.45) is 0. The van der Waals surface area contributed by atoms with Crippen LogP contribution in [0.3, 0.4) is 0 Å². The van der Waals surface area contributed by atoms with Crippen molar-refractivity contribution < 1.29 is 4.79 Å². The molecule has 0 aliphatic carbocycles. The third kappa shape index (κ3) is 3.97. The molecule has 1 aromatic carbocycles. The first-order valence-electron chi connectivity index (χ1n) is 7.79. The number of amides is 2. The lowest BCUT2D eigenvalue weighted by Gasteiger charge is -2.34. The first-order valence-corrected chi connectivity index (χ1v) is 7.79. The minimum atomic E-state index is 0.0162. The number of benzene rings is 1. The highest BCUT2D eigenvalue weighted by atomic mass is 16.2. The van der Waals surface area contributed by atoms with E-state index in [-0.39, 0.29) is 11.4 Å². The van der Waals surface area contributed by atoms with Gasteiger partial charge < -0.3 is 15.1 Å². The number of carbonyl (C=O) groups excluding carboxylic acids is 1. The normalized spacial score (nSPS) is 16.9. The molecule has 0 radical (unpaired) electrons. The molecule has 21 heavy (non-hydrogen) atoms. The number of piperazine rings is 1. The summed E-state index contributed by atoms with van der Waals surface area (Å²) in [5, 5.41) is 3.09. The zero-order valence-corrected chi connectivity index (χ0v) is 13.6. The summed E-state index contributed by atoms with van der Waals surface area (Å²) in [4.78, 5) is 16.7. The summed E-state index contributed by atoms with van der Waals surface area (Å²) in [6, 6.07) is 8.09. The second-order valence-electron chi connectivity index (χ2n) is 6.65. The zero-order chi connectivity index (χ0) is 15.5. The minimum Gasteiger partial charge on any atom is -0.322 e. The van der Waals surface area contributed by atoms with E-state index in [1.54, 1.807) is 0 Å². The fraction of sp³-hybridized carbons (Fsp3) is 0.588. The van der Waals surface area contributed by atoms with Crippen LogP contribution in [0, 0.1) is 0 Å². The van der Waals surface area contributed by atoms with Gasteiger partial charge in [0, 0.05) is 31.9 Å². The van der Waals surface area contributed by atoms with Crippen LogP contribution in [0.1, 0.15) is 33.3 Å². The van der Waals surface area contributed by atoms with Gasteiger partial charge in [0.15, 0.2) is 0 Å². The van der Waals surface area contributed by atoms with Crippen LogP contribution in [-0.4, -0.2) is 48.6 Å². The summed E-state index contributed by atoms with van der Waals surface area (Å²) in [6.45, 7) is 13.2. The Bertz CT molecular complexity index is 485. The number of hydrogen-bond donors (Lipinski definition) is 1. The van der Waals surface area contributed by atoms with Crippen LogP contribution >= 0.6 is 0 Å². The van der Waals surface area contributed by atoms with Gasteiger partial charge in [0.2, 0.25) is 0 Å². The molecule has 0 aromatic heterocycles. The van der Waals surface area contributed by atoms with Crippen molar-refractivity contribution in [3.8, 4) is 0 Å². The van der Waals surface area contributed by atoms with Crippen molar-refractivity contribution in [2.45, 2.75) is 33.1 Å². The molecule has 1 fully saturated rings. The van der Waals surface area contributed by atoms with E-state index < -0.39 is 0 Å². The average Bonchev–Trinajstić information content (AvgIpc) is 2.47. The highest BCUT2D eigenvalue weighted by Crippen LogP contribution is 2.29. The van der Waals surface area contributed by atoms with E-state index in [4.69, 9.17) is 0 Å². The third-order valence-corrected chi connectivity index (χ3v) is 4.08. The Balaban J connectivity index is 2.04. The van der Waals surface area contributed by atoms with Gasteiger partial charge in [-0.15, -0.1) is 0 Å². The summed E-state index contributed by atoms with van der Waals surface area (Å²) in [5.74, 6) is 0. The number of urea groups is 1. The van der Waals surface area contributed by atoms with Crippen LogP contribution in [0.15, 0.2) is 24.3 Å². The summed E-state index contributed by atoms with van der Waals surface area (Å²) in [5.41, 5.74) is 2.11. The van der Waals surface area contributed by atoms with Crippen LogP contribution in [-0.2, 0) is 5.41 Å². The van der Waals surface area contributed by atoms with Gasteiger partial charge in [-0.25, -0.2) is 4.79 Å². The molecular formula is C17H27N3O. The van der Waals surface area contributed by atoms with Gasteiger partial charge in [0.05, 0.1) is 0 Å². The summed E-state index contributed by atoms with van der Waals surface area (Å²) >= 11 is 0. The first kappa shape index (κ1) is 15.8. The lowest BCUT2D eigenvalue weighted by molar-refractivity contribution is 0.151. The first-order chi connectivity index (χ1) is 9.91. The maximum atomic E-state index is 12.4. The van der Waals surface area contributed by atoms with Gasteiger partial charge in [-0.05, 0) is 23.6 Å². The molecule has 0 bridgehead atoms. The Labute approximate surface area is 128 Å². The monoisotopic (exact) mass is 289 g/mol. The van der Waals surface area contributed by atoms with Crippen molar-refractivity contribution in [1.82, 2.24) is 9.80 Å². The molecule has 0 atom stereocenters. The van der Waals surface area contributed by atoms with Crippen molar-refractivity contribution in [2.75, 3.05) is 38.0 Å². The standard InChI is InChI=1S/C17H27N3O/c1-5-19-10-12-20(13-11-19)16(21)18-15-9-7-6-8-14(15)17(2,3)4/h6-9H,5,10-13H2,1-4H3,(H,18,21). The molecule has 0 saturated carbocycles. The molecule has 1 heterocycles. The van der Waals surface area contributed by atoms with Crippen molar-refractivity contribution in [2.24, 2.45) is 0 Å². The molecular weight excluding hydrogens is 262 g/mol. The van der Waals surface area contributed by atoms with E-state index in [2.05, 4.69) is 44.0 Å². The van der Waals surface area contributed by atoms with Crippen LogP contribution in [0.2, 0.25) is 0 Å². The number of likely N-dealkylation sites (N-methyl/N-ethyl adjacent to an activating group) is 1. The highest BCUT2D eigenvalue weighted by Gasteiger charge is 2.23. The van der Waals surface area contributed by atoms with E-state index in [1.165, 1.54) is 5.56 Å². The maximum Gasteiger partial charge on any atom is 0.321 e. The second-order valence-corrected chi connectivity index (χ2v) is 6.65. The van der Waals surface area contributed by atoms with Gasteiger partial charge in [-0.3, -0.25) is 0 Å². The van der Waals surface area contributed by atoms with Crippen LogP contribution in [0.25, 0.3) is 0 Å². The average molecular weight is 289 g/mol. The predicted molar refractivity (Wildman–Crippen MR) is 87.8 cm³/mol. The van der Waals surface area contributed by atoms with E-state index in [9.17, 15) is 4.79 Å². The molecule has 1 aromatic rings. The topological polar surface area (TPSA) is 35.6 Å². The minimum absolute atomic E-state index is 0.0162. The summed E-state index contributed by atoms with van der Waals surface area (Å²) < 4.78 is 0. The quantitative estimate of drug-likeness (QED) is 0.908. The Morgan fingerprint density at radius 3 is 2.33 bits per heavy atom. The number of nitrogens with one attached hydrogen (secondary N) is 1. The van der Waals surface area contributed by atoms with Crippen LogP contribution in [0.5, 0.6) is 0 Å². The molecule has 1 N–H and O–H groups in total. The number of rotatable bonds is 2. The number of hydrogen-bond acceptors (Lipinski definition) is 2. The molecule has 1 aliphatic rings. The van der Waals surface area contributed by atoms with Crippen LogP contribution < -0.4 is 5.32 Å². The van der Waals surface area contributed by atoms with Gasteiger partial charge in [0.25, 0.3) is 0 Å². The molecule has 1 aliphatic heterocycles. The smallest absolute Gasteiger partial charge is 0.321 e. The van der Waals surface area contributed by atoms with Crippen molar-refractivity contribution >= 4 is 11.7 Å². The molecule has 4 nitrogen and oxygen atoms in total.